The lowest BCUT2D eigenvalue weighted by molar-refractivity contribution is 0.0217. The Hall–Kier alpha value is -2.20. The van der Waals surface area contributed by atoms with Crippen molar-refractivity contribution >= 4 is 0 Å². The van der Waals surface area contributed by atoms with Crippen molar-refractivity contribution in [1.29, 1.82) is 0 Å². The molecule has 114 valence electrons. The molecule has 22 heavy (non-hydrogen) atoms. The fourth-order valence-electron chi connectivity index (χ4n) is 2.95. The summed E-state index contributed by atoms with van der Waals surface area (Å²) in [6, 6.07) is 11.9. The van der Waals surface area contributed by atoms with Gasteiger partial charge in [0, 0.05) is 5.92 Å². The van der Waals surface area contributed by atoms with Gasteiger partial charge in [-0.25, -0.2) is 8.78 Å². The maximum Gasteiger partial charge on any atom is 0.147 e. The Kier molecular flexibility index (Phi) is 3.71. The molecule has 0 bridgehead atoms. The highest BCUT2D eigenvalue weighted by Crippen LogP contribution is 2.46. The van der Waals surface area contributed by atoms with Gasteiger partial charge in [-0.2, -0.15) is 0 Å². The number of methoxy groups -OCH3 is 1. The molecule has 4 heteroatoms. The maximum absolute atomic E-state index is 13.1. The van der Waals surface area contributed by atoms with Crippen LogP contribution in [0.25, 0.3) is 0 Å². The van der Waals surface area contributed by atoms with E-state index in [1.807, 2.05) is 6.08 Å². The Morgan fingerprint density at radius 1 is 1.00 bits per heavy atom. The van der Waals surface area contributed by atoms with E-state index in [0.29, 0.717) is 17.7 Å². The molecular formula is C18H16F2O2. The lowest BCUT2D eigenvalue weighted by Gasteiger charge is -2.26. The van der Waals surface area contributed by atoms with Crippen LogP contribution >= 0.6 is 0 Å². The van der Waals surface area contributed by atoms with E-state index in [0.717, 1.165) is 5.56 Å². The average molecular weight is 302 g/mol. The van der Waals surface area contributed by atoms with Crippen molar-refractivity contribution in [2.45, 2.75) is 17.9 Å². The first-order chi connectivity index (χ1) is 10.5. The fraction of sp³-hybridized carbons (Fsp3) is 0.222. The van der Waals surface area contributed by atoms with Crippen LogP contribution in [0.2, 0.25) is 0 Å². The molecule has 2 atom stereocenters. The second kappa shape index (κ2) is 5.54. The summed E-state index contributed by atoms with van der Waals surface area (Å²) in [6.07, 6.45) is 2.20. The van der Waals surface area contributed by atoms with Crippen LogP contribution in [0.4, 0.5) is 8.78 Å². The molecule has 3 rings (SSSR count). The van der Waals surface area contributed by atoms with Crippen LogP contribution in [-0.4, -0.2) is 12.2 Å². The summed E-state index contributed by atoms with van der Waals surface area (Å²) in [5.41, 5.74) is 0.169. The third-order valence-electron chi connectivity index (χ3n) is 4.12. The van der Waals surface area contributed by atoms with Crippen molar-refractivity contribution in [3.63, 3.8) is 0 Å². The van der Waals surface area contributed by atoms with E-state index in [4.69, 9.17) is 4.74 Å². The van der Waals surface area contributed by atoms with Crippen LogP contribution in [0, 0.1) is 11.6 Å². The van der Waals surface area contributed by atoms with Gasteiger partial charge in [0.15, 0.2) is 0 Å². The van der Waals surface area contributed by atoms with E-state index in [9.17, 15) is 13.9 Å². The summed E-state index contributed by atoms with van der Waals surface area (Å²) in [5.74, 6) is -0.325. The number of hydrogen-bond donors (Lipinski definition) is 1. The SMILES string of the molecule is COC1=CC(c2ccc(F)cc2)CC1(O)c1ccc(F)cc1. The molecule has 0 aliphatic heterocycles. The molecule has 0 saturated carbocycles. The van der Waals surface area contributed by atoms with Gasteiger partial charge in [-0.3, -0.25) is 0 Å². The number of allylic oxidation sites excluding steroid dienone is 1. The van der Waals surface area contributed by atoms with Gasteiger partial charge in [0.05, 0.1) is 7.11 Å². The molecule has 0 radical (unpaired) electrons. The monoisotopic (exact) mass is 302 g/mol. The third-order valence-corrected chi connectivity index (χ3v) is 4.12. The molecule has 0 amide bonds. The lowest BCUT2D eigenvalue weighted by Crippen LogP contribution is -2.26. The van der Waals surface area contributed by atoms with Crippen molar-refractivity contribution in [3.05, 3.63) is 83.1 Å². The summed E-state index contributed by atoms with van der Waals surface area (Å²) >= 11 is 0. The Bertz CT molecular complexity index is 692. The van der Waals surface area contributed by atoms with Crippen molar-refractivity contribution in [2.24, 2.45) is 0 Å². The molecule has 2 nitrogen and oxygen atoms in total. The standard InChI is InChI=1S/C18H16F2O2/c1-22-17-10-13(12-2-6-15(19)7-3-12)11-18(17,21)14-4-8-16(20)9-5-14/h2-10,13,21H,11H2,1H3. The number of benzene rings is 2. The van der Waals surface area contributed by atoms with Gasteiger partial charge in [0.2, 0.25) is 0 Å². The smallest absolute Gasteiger partial charge is 0.147 e. The van der Waals surface area contributed by atoms with Crippen molar-refractivity contribution in [3.8, 4) is 0 Å². The normalized spacial score (nSPS) is 24.2. The molecule has 1 N–H and O–H groups in total. The number of halogens is 2. The third kappa shape index (κ3) is 2.50. The van der Waals surface area contributed by atoms with Crippen LogP contribution in [0.3, 0.4) is 0 Å². The molecular weight excluding hydrogens is 286 g/mol. The summed E-state index contributed by atoms with van der Waals surface area (Å²) in [6.45, 7) is 0. The molecule has 0 fully saturated rings. The zero-order chi connectivity index (χ0) is 15.7. The quantitative estimate of drug-likeness (QED) is 0.932. The predicted molar refractivity (Wildman–Crippen MR) is 79.1 cm³/mol. The zero-order valence-corrected chi connectivity index (χ0v) is 12.1. The van der Waals surface area contributed by atoms with Gasteiger partial charge >= 0.3 is 0 Å². The number of rotatable bonds is 3. The summed E-state index contributed by atoms with van der Waals surface area (Å²) in [5, 5.41) is 11.0. The van der Waals surface area contributed by atoms with Crippen LogP contribution in [-0.2, 0) is 10.3 Å². The molecule has 1 aliphatic rings. The second-order valence-electron chi connectivity index (χ2n) is 5.46. The van der Waals surface area contributed by atoms with Gasteiger partial charge in [-0.05, 0) is 47.9 Å². The average Bonchev–Trinajstić information content (AvgIpc) is 2.86. The highest BCUT2D eigenvalue weighted by atomic mass is 19.1. The molecule has 2 unspecified atom stereocenters. The van der Waals surface area contributed by atoms with Gasteiger partial charge in [0.25, 0.3) is 0 Å². The molecule has 2 aromatic carbocycles. The molecule has 0 spiro atoms. The van der Waals surface area contributed by atoms with Crippen molar-refractivity contribution in [1.82, 2.24) is 0 Å². The molecule has 2 aromatic rings. The zero-order valence-electron chi connectivity index (χ0n) is 12.1. The Labute approximate surface area is 127 Å². The van der Waals surface area contributed by atoms with Gasteiger partial charge in [-0.15, -0.1) is 0 Å². The molecule has 0 saturated heterocycles. The highest BCUT2D eigenvalue weighted by molar-refractivity contribution is 5.39. The second-order valence-corrected chi connectivity index (χ2v) is 5.46. The molecule has 0 aromatic heterocycles. The van der Waals surface area contributed by atoms with Gasteiger partial charge < -0.3 is 9.84 Å². The van der Waals surface area contributed by atoms with Crippen LogP contribution < -0.4 is 0 Å². The minimum absolute atomic E-state index is 0.0920. The van der Waals surface area contributed by atoms with Crippen LogP contribution in [0.15, 0.2) is 60.4 Å². The number of ether oxygens (including phenoxy) is 1. The first-order valence-electron chi connectivity index (χ1n) is 7.03. The fourth-order valence-corrected chi connectivity index (χ4v) is 2.95. The largest absolute Gasteiger partial charge is 0.498 e. The summed E-state index contributed by atoms with van der Waals surface area (Å²) in [7, 11) is 1.49. The minimum atomic E-state index is -1.30. The van der Waals surface area contributed by atoms with Gasteiger partial charge in [-0.1, -0.05) is 24.3 Å². The van der Waals surface area contributed by atoms with E-state index < -0.39 is 5.60 Å². The molecule has 1 aliphatic carbocycles. The first kappa shape index (κ1) is 14.7. The van der Waals surface area contributed by atoms with Crippen LogP contribution in [0.5, 0.6) is 0 Å². The maximum atomic E-state index is 13.1. The summed E-state index contributed by atoms with van der Waals surface area (Å²) in [4.78, 5) is 0. The Balaban J connectivity index is 1.95. The highest BCUT2D eigenvalue weighted by Gasteiger charge is 2.43. The van der Waals surface area contributed by atoms with E-state index >= 15 is 0 Å². The summed E-state index contributed by atoms with van der Waals surface area (Å²) < 4.78 is 31.5. The first-order valence-corrected chi connectivity index (χ1v) is 7.03. The topological polar surface area (TPSA) is 29.5 Å². The van der Waals surface area contributed by atoms with Gasteiger partial charge in [0.1, 0.15) is 23.0 Å². The van der Waals surface area contributed by atoms with Crippen LogP contribution in [0.1, 0.15) is 23.5 Å². The van der Waals surface area contributed by atoms with E-state index in [-0.39, 0.29) is 17.6 Å². The Morgan fingerprint density at radius 3 is 2.09 bits per heavy atom. The molecule has 0 heterocycles. The van der Waals surface area contributed by atoms with Crippen molar-refractivity contribution in [2.75, 3.05) is 7.11 Å². The number of hydrogen-bond acceptors (Lipinski definition) is 2. The number of aliphatic hydroxyl groups is 1. The van der Waals surface area contributed by atoms with E-state index in [1.54, 1.807) is 24.3 Å². The lowest BCUT2D eigenvalue weighted by atomic mass is 9.87. The van der Waals surface area contributed by atoms with E-state index in [1.165, 1.54) is 31.4 Å². The van der Waals surface area contributed by atoms with E-state index in [2.05, 4.69) is 0 Å². The van der Waals surface area contributed by atoms with Crippen molar-refractivity contribution < 1.29 is 18.6 Å². The Morgan fingerprint density at radius 2 is 1.55 bits per heavy atom. The minimum Gasteiger partial charge on any atom is -0.498 e. The predicted octanol–water partition coefficient (Wildman–Crippen LogP) is 3.87.